The Morgan fingerprint density at radius 2 is 1.60 bits per heavy atom. The molecular weight excluding hydrogens is 464 g/mol. The van der Waals surface area contributed by atoms with E-state index in [0.29, 0.717) is 22.9 Å². The number of rotatable bonds is 10. The van der Waals surface area contributed by atoms with Crippen LogP contribution in [-0.4, -0.2) is 43.5 Å². The van der Waals surface area contributed by atoms with Gasteiger partial charge in [0.15, 0.2) is 6.61 Å². The third-order valence-corrected chi connectivity index (χ3v) is 6.37. The zero-order valence-electron chi connectivity index (χ0n) is 20.5. The Hall–Kier alpha value is -3.51. The second-order valence-electron chi connectivity index (χ2n) is 8.35. The number of nitrogens with zero attached hydrogens (tertiary/aromatic N) is 1. The third-order valence-electron chi connectivity index (χ3n) is 5.78. The van der Waals surface area contributed by atoms with Gasteiger partial charge in [-0.25, -0.2) is 0 Å². The highest BCUT2D eigenvalue weighted by Gasteiger charge is 2.30. The average Bonchev–Trinajstić information content (AvgIpc) is 2.88. The van der Waals surface area contributed by atoms with Crippen molar-refractivity contribution < 1.29 is 19.1 Å². The number of nitrogens with one attached hydrogen (secondary N) is 1. The largest absolute Gasteiger partial charge is 0.497 e. The quantitative estimate of drug-likeness (QED) is 0.442. The van der Waals surface area contributed by atoms with Crippen molar-refractivity contribution in [3.8, 4) is 11.5 Å². The molecule has 0 saturated heterocycles. The van der Waals surface area contributed by atoms with Crippen LogP contribution >= 0.6 is 11.6 Å². The molecule has 0 saturated carbocycles. The topological polar surface area (TPSA) is 67.9 Å². The summed E-state index contributed by atoms with van der Waals surface area (Å²) in [6.07, 6.45) is 0.370. The fraction of sp³-hybridized carbons (Fsp3) is 0.286. The number of hydrogen-bond acceptors (Lipinski definition) is 4. The molecule has 0 aromatic heterocycles. The Bertz CT molecular complexity index is 1140. The first-order chi connectivity index (χ1) is 16.8. The van der Waals surface area contributed by atoms with E-state index in [2.05, 4.69) is 5.32 Å². The summed E-state index contributed by atoms with van der Waals surface area (Å²) in [5.74, 6) is 0.683. The molecular formula is C28H31ClN2O4. The van der Waals surface area contributed by atoms with Gasteiger partial charge >= 0.3 is 0 Å². The third kappa shape index (κ3) is 6.99. The van der Waals surface area contributed by atoms with Gasteiger partial charge in [0.1, 0.15) is 17.5 Å². The summed E-state index contributed by atoms with van der Waals surface area (Å²) < 4.78 is 11.2. The molecule has 3 aromatic carbocycles. The van der Waals surface area contributed by atoms with Crippen molar-refractivity contribution in [1.82, 2.24) is 10.2 Å². The highest BCUT2D eigenvalue weighted by atomic mass is 35.5. The van der Waals surface area contributed by atoms with Crippen LogP contribution in [0.3, 0.4) is 0 Å². The Morgan fingerprint density at radius 1 is 0.943 bits per heavy atom. The molecule has 0 spiro atoms. The molecule has 0 fully saturated rings. The number of benzene rings is 3. The zero-order valence-corrected chi connectivity index (χ0v) is 21.3. The number of methoxy groups -OCH3 is 1. The number of hydrogen-bond donors (Lipinski definition) is 1. The summed E-state index contributed by atoms with van der Waals surface area (Å²) in [6, 6.07) is 20.0. The van der Waals surface area contributed by atoms with Gasteiger partial charge in [0.25, 0.3) is 5.91 Å². The van der Waals surface area contributed by atoms with Gasteiger partial charge in [-0.2, -0.15) is 0 Å². The number of aryl methyl sites for hydroxylation is 2. The average molecular weight is 495 g/mol. The van der Waals surface area contributed by atoms with Crippen LogP contribution in [0.5, 0.6) is 11.5 Å². The van der Waals surface area contributed by atoms with Gasteiger partial charge in [-0.15, -0.1) is 0 Å². The maximum atomic E-state index is 13.5. The molecule has 0 heterocycles. The molecule has 0 aliphatic heterocycles. The molecule has 0 bridgehead atoms. The standard InChI is InChI=1S/C28H31ClN2O4/c1-19-13-24(14-20(2)27(19)29)35-18-26(32)31(17-22-11-8-12-23(15-22)34-4)25(28(33)30-3)16-21-9-6-5-7-10-21/h5-15,25H,16-18H2,1-4H3,(H,30,33). The molecule has 2 amide bonds. The molecule has 7 heteroatoms. The van der Waals surface area contributed by atoms with Crippen LogP contribution in [0.2, 0.25) is 5.02 Å². The van der Waals surface area contributed by atoms with Crippen LogP contribution in [0.4, 0.5) is 0 Å². The van der Waals surface area contributed by atoms with Crippen LogP contribution in [-0.2, 0) is 22.6 Å². The minimum atomic E-state index is -0.724. The smallest absolute Gasteiger partial charge is 0.261 e. The number of likely N-dealkylation sites (N-methyl/N-ethyl adjacent to an activating group) is 1. The molecule has 1 N–H and O–H groups in total. The fourth-order valence-electron chi connectivity index (χ4n) is 3.91. The summed E-state index contributed by atoms with van der Waals surface area (Å²) in [7, 11) is 3.17. The lowest BCUT2D eigenvalue weighted by atomic mass is 10.0. The highest BCUT2D eigenvalue weighted by Crippen LogP contribution is 2.26. The highest BCUT2D eigenvalue weighted by molar-refractivity contribution is 6.32. The SMILES string of the molecule is CNC(=O)C(Cc1ccccc1)N(Cc1cccc(OC)c1)C(=O)COc1cc(C)c(Cl)c(C)c1. The van der Waals surface area contributed by atoms with E-state index >= 15 is 0 Å². The van der Waals surface area contributed by atoms with Gasteiger partial charge in [0, 0.05) is 25.0 Å². The molecule has 1 unspecified atom stereocenters. The van der Waals surface area contributed by atoms with Crippen molar-refractivity contribution in [2.24, 2.45) is 0 Å². The lowest BCUT2D eigenvalue weighted by molar-refractivity contribution is -0.142. The van der Waals surface area contributed by atoms with E-state index < -0.39 is 6.04 Å². The van der Waals surface area contributed by atoms with Crippen LogP contribution in [0.1, 0.15) is 22.3 Å². The molecule has 3 rings (SSSR count). The van der Waals surface area contributed by atoms with Crippen molar-refractivity contribution in [1.29, 1.82) is 0 Å². The van der Waals surface area contributed by atoms with E-state index in [0.717, 1.165) is 22.3 Å². The second-order valence-corrected chi connectivity index (χ2v) is 8.73. The molecule has 1 atom stereocenters. The Labute approximate surface area is 211 Å². The number of halogens is 1. The normalized spacial score (nSPS) is 11.5. The van der Waals surface area contributed by atoms with Crippen LogP contribution in [0.25, 0.3) is 0 Å². The molecule has 6 nitrogen and oxygen atoms in total. The van der Waals surface area contributed by atoms with Crippen LogP contribution in [0.15, 0.2) is 66.7 Å². The minimum absolute atomic E-state index is 0.216. The zero-order chi connectivity index (χ0) is 25.4. The first-order valence-electron chi connectivity index (χ1n) is 11.4. The summed E-state index contributed by atoms with van der Waals surface area (Å²) in [4.78, 5) is 28.1. The predicted molar refractivity (Wildman–Crippen MR) is 138 cm³/mol. The Balaban J connectivity index is 1.90. The molecule has 0 radical (unpaired) electrons. The predicted octanol–water partition coefficient (Wildman–Crippen LogP) is 4.73. The number of ether oxygens (including phenoxy) is 2. The molecule has 35 heavy (non-hydrogen) atoms. The van der Waals surface area contributed by atoms with Gasteiger partial charge < -0.3 is 19.7 Å². The molecule has 3 aromatic rings. The van der Waals surface area contributed by atoms with Gasteiger partial charge in [0.05, 0.1) is 7.11 Å². The van der Waals surface area contributed by atoms with E-state index in [9.17, 15) is 9.59 Å². The maximum Gasteiger partial charge on any atom is 0.261 e. The van der Waals surface area contributed by atoms with Crippen LogP contribution < -0.4 is 14.8 Å². The monoisotopic (exact) mass is 494 g/mol. The van der Waals surface area contributed by atoms with E-state index in [-0.39, 0.29) is 25.0 Å². The summed E-state index contributed by atoms with van der Waals surface area (Å²) in [5.41, 5.74) is 3.54. The first kappa shape index (κ1) is 26.1. The lowest BCUT2D eigenvalue weighted by Crippen LogP contribution is -2.51. The van der Waals surface area contributed by atoms with Gasteiger partial charge in [0.2, 0.25) is 5.91 Å². The summed E-state index contributed by atoms with van der Waals surface area (Å²) in [6.45, 7) is 3.79. The number of carbonyl (C=O) groups is 2. The van der Waals surface area contributed by atoms with E-state index in [1.165, 1.54) is 0 Å². The van der Waals surface area contributed by atoms with Gasteiger partial charge in [-0.05, 0) is 60.4 Å². The minimum Gasteiger partial charge on any atom is -0.497 e. The first-order valence-corrected chi connectivity index (χ1v) is 11.8. The van der Waals surface area contributed by atoms with Crippen molar-refractivity contribution in [3.63, 3.8) is 0 Å². The van der Waals surface area contributed by atoms with Crippen molar-refractivity contribution in [3.05, 3.63) is 94.0 Å². The maximum absolute atomic E-state index is 13.5. The van der Waals surface area contributed by atoms with Crippen LogP contribution in [0, 0.1) is 13.8 Å². The van der Waals surface area contributed by atoms with E-state index in [4.69, 9.17) is 21.1 Å². The Kier molecular flexibility index (Phi) is 9.15. The van der Waals surface area contributed by atoms with E-state index in [1.54, 1.807) is 31.2 Å². The Morgan fingerprint density at radius 3 is 2.23 bits per heavy atom. The lowest BCUT2D eigenvalue weighted by Gasteiger charge is -2.31. The summed E-state index contributed by atoms with van der Waals surface area (Å²) >= 11 is 6.26. The molecule has 0 aliphatic rings. The molecule has 184 valence electrons. The van der Waals surface area contributed by atoms with Gasteiger partial charge in [-0.1, -0.05) is 54.1 Å². The fourth-order valence-corrected chi connectivity index (χ4v) is 4.01. The second kappa shape index (κ2) is 12.3. The van der Waals surface area contributed by atoms with Crippen molar-refractivity contribution in [2.75, 3.05) is 20.8 Å². The number of amides is 2. The van der Waals surface area contributed by atoms with Crippen molar-refractivity contribution >= 4 is 23.4 Å². The van der Waals surface area contributed by atoms with E-state index in [1.807, 2.05) is 68.4 Å². The van der Waals surface area contributed by atoms with Gasteiger partial charge in [-0.3, -0.25) is 9.59 Å². The molecule has 0 aliphatic carbocycles. The van der Waals surface area contributed by atoms with Crippen molar-refractivity contribution in [2.45, 2.75) is 32.9 Å². The number of carbonyl (C=O) groups excluding carboxylic acids is 2. The summed E-state index contributed by atoms with van der Waals surface area (Å²) in [5, 5.41) is 3.38.